The van der Waals surface area contributed by atoms with Gasteiger partial charge in [-0.25, -0.2) is 4.98 Å². The van der Waals surface area contributed by atoms with Crippen LogP contribution in [0.1, 0.15) is 31.2 Å². The van der Waals surface area contributed by atoms with Crippen LogP contribution in [0, 0.1) is 11.8 Å². The third kappa shape index (κ3) is 4.24. The molecule has 0 saturated carbocycles. The molecule has 2 N–H and O–H groups in total. The van der Waals surface area contributed by atoms with Gasteiger partial charge in [0.2, 0.25) is 11.8 Å². The molecule has 0 aromatic carbocycles. The average molecular weight is 333 g/mol. The number of nitrogens with zero attached hydrogens (tertiary/aromatic N) is 2. The SMILES string of the molecule is COc1ccc(CN2CCC(C[C@H]3OCC[C@H]3C(N)=O)CC2)cn1. The third-order valence-corrected chi connectivity index (χ3v) is 5.26. The summed E-state index contributed by atoms with van der Waals surface area (Å²) >= 11 is 0. The molecule has 6 heteroatoms. The van der Waals surface area contributed by atoms with E-state index in [2.05, 4.69) is 16.0 Å². The number of aromatic nitrogens is 1. The van der Waals surface area contributed by atoms with Crippen LogP contribution < -0.4 is 10.5 Å². The number of hydrogen-bond donors (Lipinski definition) is 1. The zero-order valence-corrected chi connectivity index (χ0v) is 14.3. The summed E-state index contributed by atoms with van der Waals surface area (Å²) in [6, 6.07) is 3.98. The highest BCUT2D eigenvalue weighted by molar-refractivity contribution is 5.77. The molecule has 132 valence electrons. The van der Waals surface area contributed by atoms with Crippen molar-refractivity contribution in [1.29, 1.82) is 0 Å². The zero-order valence-electron chi connectivity index (χ0n) is 14.3. The van der Waals surface area contributed by atoms with Crippen LogP contribution in [0.2, 0.25) is 0 Å². The maximum atomic E-state index is 11.5. The number of primary amides is 1. The average Bonchev–Trinajstić information content (AvgIpc) is 3.06. The summed E-state index contributed by atoms with van der Waals surface area (Å²) in [4.78, 5) is 18.2. The Labute approximate surface area is 143 Å². The summed E-state index contributed by atoms with van der Waals surface area (Å²) in [6.45, 7) is 3.74. The van der Waals surface area contributed by atoms with Crippen LogP contribution in [0.3, 0.4) is 0 Å². The normalized spacial score (nSPS) is 25.7. The molecule has 0 bridgehead atoms. The summed E-state index contributed by atoms with van der Waals surface area (Å²) in [5.41, 5.74) is 6.69. The maximum absolute atomic E-state index is 11.5. The van der Waals surface area contributed by atoms with Gasteiger partial charge < -0.3 is 15.2 Å². The number of piperidine rings is 1. The molecule has 2 saturated heterocycles. The zero-order chi connectivity index (χ0) is 16.9. The van der Waals surface area contributed by atoms with Crippen LogP contribution in [-0.4, -0.2) is 48.7 Å². The van der Waals surface area contributed by atoms with Crippen molar-refractivity contribution in [3.8, 4) is 5.88 Å². The number of nitrogens with two attached hydrogens (primary N) is 1. The van der Waals surface area contributed by atoms with Gasteiger partial charge in [-0.1, -0.05) is 6.07 Å². The van der Waals surface area contributed by atoms with Crippen LogP contribution in [0.25, 0.3) is 0 Å². The summed E-state index contributed by atoms with van der Waals surface area (Å²) in [5, 5.41) is 0. The molecular formula is C18H27N3O3. The molecule has 2 aliphatic heterocycles. The molecule has 0 aliphatic carbocycles. The van der Waals surface area contributed by atoms with Gasteiger partial charge in [0.1, 0.15) is 0 Å². The quantitative estimate of drug-likeness (QED) is 0.855. The molecule has 0 spiro atoms. The topological polar surface area (TPSA) is 77.7 Å². The van der Waals surface area contributed by atoms with Crippen LogP contribution in [0.5, 0.6) is 5.88 Å². The molecule has 0 radical (unpaired) electrons. The largest absolute Gasteiger partial charge is 0.481 e. The van der Waals surface area contributed by atoms with Crippen molar-refractivity contribution in [2.45, 2.75) is 38.3 Å². The van der Waals surface area contributed by atoms with Crippen LogP contribution in [0.4, 0.5) is 0 Å². The van der Waals surface area contributed by atoms with Gasteiger partial charge in [0.05, 0.1) is 19.1 Å². The Morgan fingerprint density at radius 3 is 2.79 bits per heavy atom. The fourth-order valence-electron chi connectivity index (χ4n) is 3.80. The van der Waals surface area contributed by atoms with Crippen molar-refractivity contribution < 1.29 is 14.3 Å². The lowest BCUT2D eigenvalue weighted by Crippen LogP contribution is -2.36. The lowest BCUT2D eigenvalue weighted by atomic mass is 9.86. The highest BCUT2D eigenvalue weighted by atomic mass is 16.5. The minimum Gasteiger partial charge on any atom is -0.481 e. The number of hydrogen-bond acceptors (Lipinski definition) is 5. The Balaban J connectivity index is 1.44. The second kappa shape index (κ2) is 7.94. The highest BCUT2D eigenvalue weighted by Gasteiger charge is 2.34. The first-order valence-electron chi connectivity index (χ1n) is 8.78. The highest BCUT2D eigenvalue weighted by Crippen LogP contribution is 2.31. The van der Waals surface area contributed by atoms with Crippen molar-refractivity contribution in [2.75, 3.05) is 26.8 Å². The van der Waals surface area contributed by atoms with E-state index in [1.165, 1.54) is 5.56 Å². The molecule has 3 heterocycles. The molecule has 0 unspecified atom stereocenters. The number of ether oxygens (including phenoxy) is 2. The molecule has 3 rings (SSSR count). The first kappa shape index (κ1) is 17.2. The number of carbonyl (C=O) groups excluding carboxylic acids is 1. The van der Waals surface area contributed by atoms with E-state index in [4.69, 9.17) is 15.2 Å². The lowest BCUT2D eigenvalue weighted by molar-refractivity contribution is -0.123. The minimum absolute atomic E-state index is 0.0323. The van der Waals surface area contributed by atoms with Crippen LogP contribution in [-0.2, 0) is 16.1 Å². The first-order chi connectivity index (χ1) is 11.7. The van der Waals surface area contributed by atoms with Gasteiger partial charge in [0.15, 0.2) is 0 Å². The van der Waals surface area contributed by atoms with Crippen molar-refractivity contribution in [3.63, 3.8) is 0 Å². The number of carbonyl (C=O) groups is 1. The third-order valence-electron chi connectivity index (χ3n) is 5.26. The number of pyridine rings is 1. The summed E-state index contributed by atoms with van der Waals surface area (Å²) < 4.78 is 10.8. The Hall–Kier alpha value is -1.66. The smallest absolute Gasteiger partial charge is 0.223 e. The van der Waals surface area contributed by atoms with Crippen LogP contribution in [0.15, 0.2) is 18.3 Å². The van der Waals surface area contributed by atoms with Crippen LogP contribution >= 0.6 is 0 Å². The maximum Gasteiger partial charge on any atom is 0.223 e. The number of amides is 1. The van der Waals surface area contributed by atoms with Gasteiger partial charge >= 0.3 is 0 Å². The van der Waals surface area contributed by atoms with E-state index in [9.17, 15) is 4.79 Å². The molecular weight excluding hydrogens is 306 g/mol. The molecule has 1 amide bonds. The van der Waals surface area contributed by atoms with E-state index in [-0.39, 0.29) is 17.9 Å². The number of rotatable bonds is 6. The molecule has 2 fully saturated rings. The Morgan fingerprint density at radius 1 is 1.38 bits per heavy atom. The fraction of sp³-hybridized carbons (Fsp3) is 0.667. The van der Waals surface area contributed by atoms with E-state index < -0.39 is 0 Å². The molecule has 1 aromatic heterocycles. The first-order valence-corrected chi connectivity index (χ1v) is 8.78. The van der Waals surface area contributed by atoms with E-state index >= 15 is 0 Å². The predicted molar refractivity (Wildman–Crippen MR) is 90.4 cm³/mol. The van der Waals surface area contributed by atoms with Crippen molar-refractivity contribution in [1.82, 2.24) is 9.88 Å². The summed E-state index contributed by atoms with van der Waals surface area (Å²) in [6.07, 6.45) is 5.96. The Morgan fingerprint density at radius 2 is 2.17 bits per heavy atom. The van der Waals surface area contributed by atoms with Gasteiger partial charge in [-0.3, -0.25) is 9.69 Å². The summed E-state index contributed by atoms with van der Waals surface area (Å²) in [5.74, 6) is 0.980. The minimum atomic E-state index is -0.207. The van der Waals surface area contributed by atoms with E-state index in [1.54, 1.807) is 7.11 Å². The summed E-state index contributed by atoms with van der Waals surface area (Å²) in [7, 11) is 1.63. The van der Waals surface area contributed by atoms with Gasteiger partial charge in [-0.15, -0.1) is 0 Å². The molecule has 6 nitrogen and oxygen atoms in total. The Bertz CT molecular complexity index is 541. The molecule has 2 aliphatic rings. The van der Waals surface area contributed by atoms with Gasteiger partial charge in [0, 0.05) is 25.4 Å². The second-order valence-corrected chi connectivity index (χ2v) is 6.87. The van der Waals surface area contributed by atoms with Gasteiger partial charge in [-0.2, -0.15) is 0 Å². The van der Waals surface area contributed by atoms with Gasteiger partial charge in [0.25, 0.3) is 0 Å². The monoisotopic (exact) mass is 333 g/mol. The van der Waals surface area contributed by atoms with E-state index in [1.807, 2.05) is 12.3 Å². The molecule has 24 heavy (non-hydrogen) atoms. The Kier molecular flexibility index (Phi) is 5.68. The predicted octanol–water partition coefficient (Wildman–Crippen LogP) is 1.58. The van der Waals surface area contributed by atoms with Gasteiger partial charge in [-0.05, 0) is 50.3 Å². The number of methoxy groups -OCH3 is 1. The van der Waals surface area contributed by atoms with E-state index in [0.29, 0.717) is 18.4 Å². The van der Waals surface area contributed by atoms with Crippen molar-refractivity contribution >= 4 is 5.91 Å². The lowest BCUT2D eigenvalue weighted by Gasteiger charge is -2.33. The number of likely N-dealkylation sites (tertiary alicyclic amines) is 1. The molecule has 1 aromatic rings. The second-order valence-electron chi connectivity index (χ2n) is 6.87. The van der Waals surface area contributed by atoms with E-state index in [0.717, 1.165) is 45.3 Å². The van der Waals surface area contributed by atoms with Crippen molar-refractivity contribution in [2.24, 2.45) is 17.6 Å². The standard InChI is InChI=1S/C18H27N3O3/c1-23-17-3-2-14(11-20-17)12-21-7-4-13(5-8-21)10-16-15(18(19)22)6-9-24-16/h2-3,11,13,15-16H,4-10,12H2,1H3,(H2,19,22)/t15-,16-/m1/s1. The fourth-order valence-corrected chi connectivity index (χ4v) is 3.80. The molecule has 2 atom stereocenters. The van der Waals surface area contributed by atoms with Crippen molar-refractivity contribution in [3.05, 3.63) is 23.9 Å².